The number of likely N-dealkylation sites (tertiary alicyclic amines) is 1. The number of fused-ring (bicyclic) bond motifs is 1. The number of anilines is 2. The molecule has 0 saturated carbocycles. The third kappa shape index (κ3) is 5.99. The lowest BCUT2D eigenvalue weighted by atomic mass is 9.88. The number of halogens is 2. The number of methoxy groups -OCH3 is 1. The Morgan fingerprint density at radius 2 is 2.00 bits per heavy atom. The number of nitrogens with two attached hydrogens (primary N) is 1. The first kappa shape index (κ1) is 26.9. The van der Waals surface area contributed by atoms with Crippen LogP contribution in [0.4, 0.5) is 16.0 Å². The zero-order chi connectivity index (χ0) is 27.4. The van der Waals surface area contributed by atoms with Gasteiger partial charge in [-0.25, -0.2) is 14.4 Å². The largest absolute Gasteiger partial charge is 0.494 e. The summed E-state index contributed by atoms with van der Waals surface area (Å²) in [5.41, 5.74) is 11.3. The van der Waals surface area contributed by atoms with Gasteiger partial charge in [-0.3, -0.25) is 9.89 Å². The second-order valence-corrected chi connectivity index (χ2v) is 9.96. The summed E-state index contributed by atoms with van der Waals surface area (Å²) < 4.78 is 25.3. The van der Waals surface area contributed by atoms with Gasteiger partial charge in [0.2, 0.25) is 5.95 Å². The number of rotatable bonds is 9. The van der Waals surface area contributed by atoms with Crippen molar-refractivity contribution in [3.8, 4) is 11.5 Å². The molecule has 0 spiro atoms. The summed E-state index contributed by atoms with van der Waals surface area (Å²) in [7, 11) is 3.27. The smallest absolute Gasteiger partial charge is 0.227 e. The number of aromatic nitrogens is 2. The summed E-state index contributed by atoms with van der Waals surface area (Å²) in [5, 5.41) is 3.52. The fourth-order valence-electron chi connectivity index (χ4n) is 5.01. The summed E-state index contributed by atoms with van der Waals surface area (Å²) in [6.45, 7) is 3.82. The van der Waals surface area contributed by atoms with Crippen LogP contribution in [0, 0.1) is 5.82 Å². The van der Waals surface area contributed by atoms with Gasteiger partial charge < -0.3 is 20.5 Å². The van der Waals surface area contributed by atoms with E-state index in [9.17, 15) is 4.39 Å². The third-order valence-electron chi connectivity index (χ3n) is 7.03. The summed E-state index contributed by atoms with van der Waals surface area (Å²) in [6, 6.07) is 9.86. The lowest BCUT2D eigenvalue weighted by Gasteiger charge is -2.23. The van der Waals surface area contributed by atoms with Crippen LogP contribution in [-0.4, -0.2) is 61.0 Å². The average Bonchev–Trinajstić information content (AvgIpc) is 3.45. The summed E-state index contributed by atoms with van der Waals surface area (Å²) in [6.07, 6.45) is 5.64. The highest BCUT2D eigenvalue weighted by molar-refractivity contribution is 6.40. The van der Waals surface area contributed by atoms with E-state index in [2.05, 4.69) is 20.2 Å². The Bertz CT molecular complexity index is 1420. The van der Waals surface area contributed by atoms with Crippen molar-refractivity contribution < 1.29 is 13.9 Å². The quantitative estimate of drug-likeness (QED) is 0.352. The molecule has 1 fully saturated rings. The first-order valence-electron chi connectivity index (χ1n) is 13.0. The number of ether oxygens (including phenoxy) is 2. The standard InChI is InChI=1S/C29H32ClFN6O2/c1-33-28(21-8-6-19(31)15-22(21)30)26-23(32)9-5-18-17-34-29(36-27(18)26)35-24-10-7-20(16-25(24)38-2)39-14-13-37-11-3-4-12-37/h6-8,10,15-17H,3-5,9,11-14,32H2,1-2H3,(H,34,35,36). The van der Waals surface area contributed by atoms with Crippen molar-refractivity contribution in [3.05, 3.63) is 76.0 Å². The monoisotopic (exact) mass is 550 g/mol. The van der Waals surface area contributed by atoms with Crippen LogP contribution in [0.1, 0.15) is 36.1 Å². The van der Waals surface area contributed by atoms with Crippen LogP contribution >= 0.6 is 11.6 Å². The Morgan fingerprint density at radius 3 is 2.74 bits per heavy atom. The molecule has 0 unspecified atom stereocenters. The Morgan fingerprint density at radius 1 is 1.18 bits per heavy atom. The number of nitrogens with one attached hydrogen (secondary N) is 1. The van der Waals surface area contributed by atoms with Gasteiger partial charge in [0.25, 0.3) is 0 Å². The molecule has 2 aromatic carbocycles. The zero-order valence-corrected chi connectivity index (χ0v) is 22.9. The van der Waals surface area contributed by atoms with Gasteiger partial charge in [0, 0.05) is 42.7 Å². The van der Waals surface area contributed by atoms with E-state index in [1.165, 1.54) is 25.0 Å². The van der Waals surface area contributed by atoms with E-state index in [1.54, 1.807) is 26.4 Å². The third-order valence-corrected chi connectivity index (χ3v) is 7.34. The van der Waals surface area contributed by atoms with E-state index in [1.807, 2.05) is 18.2 Å². The van der Waals surface area contributed by atoms with Crippen LogP contribution in [0.2, 0.25) is 5.02 Å². The average molecular weight is 551 g/mol. The normalized spacial score (nSPS) is 15.8. The van der Waals surface area contributed by atoms with Crippen LogP contribution in [0.5, 0.6) is 11.5 Å². The predicted molar refractivity (Wildman–Crippen MR) is 153 cm³/mol. The molecule has 0 bridgehead atoms. The van der Waals surface area contributed by atoms with Gasteiger partial charge in [-0.2, -0.15) is 0 Å². The van der Waals surface area contributed by atoms with Gasteiger partial charge in [-0.15, -0.1) is 0 Å². The van der Waals surface area contributed by atoms with E-state index in [-0.39, 0.29) is 5.02 Å². The molecule has 1 aliphatic heterocycles. The molecule has 2 heterocycles. The van der Waals surface area contributed by atoms with E-state index in [4.69, 9.17) is 31.8 Å². The van der Waals surface area contributed by atoms with Gasteiger partial charge in [0.15, 0.2) is 0 Å². The van der Waals surface area contributed by atoms with Gasteiger partial charge in [-0.1, -0.05) is 11.6 Å². The van der Waals surface area contributed by atoms with Gasteiger partial charge in [0.1, 0.15) is 23.9 Å². The van der Waals surface area contributed by atoms with Crippen molar-refractivity contribution in [1.29, 1.82) is 0 Å². The molecule has 0 amide bonds. The molecule has 2 aliphatic rings. The van der Waals surface area contributed by atoms with Crippen molar-refractivity contribution in [2.45, 2.75) is 25.7 Å². The number of aliphatic imine (C=N–C) groups is 1. The molecule has 10 heteroatoms. The number of aryl methyl sites for hydroxylation is 1. The van der Waals surface area contributed by atoms with Gasteiger partial charge in [-0.05, 0) is 74.7 Å². The zero-order valence-electron chi connectivity index (χ0n) is 22.1. The molecule has 1 saturated heterocycles. The molecule has 0 atom stereocenters. The molecule has 1 aromatic heterocycles. The SMILES string of the molecule is CN=C(C1=C(N)CCc2cnc(Nc3ccc(OCCN4CCCC4)cc3OC)nc21)c1ccc(F)cc1Cl. The Labute approximate surface area is 232 Å². The maximum Gasteiger partial charge on any atom is 0.227 e. The first-order chi connectivity index (χ1) is 19.0. The summed E-state index contributed by atoms with van der Waals surface area (Å²) in [5.74, 6) is 1.30. The second kappa shape index (κ2) is 12.0. The number of allylic oxidation sites excluding steroid dienone is 2. The minimum absolute atomic E-state index is 0.253. The van der Waals surface area contributed by atoms with Crippen LogP contribution in [0.15, 0.2) is 53.3 Å². The molecule has 204 valence electrons. The van der Waals surface area contributed by atoms with Crippen molar-refractivity contribution in [1.82, 2.24) is 14.9 Å². The Balaban J connectivity index is 1.39. The minimum atomic E-state index is -0.420. The van der Waals surface area contributed by atoms with Crippen molar-refractivity contribution in [2.75, 3.05) is 45.7 Å². The lowest BCUT2D eigenvalue weighted by molar-refractivity contribution is 0.237. The first-order valence-corrected chi connectivity index (χ1v) is 13.4. The predicted octanol–water partition coefficient (Wildman–Crippen LogP) is 5.23. The molecule has 0 radical (unpaired) electrons. The van der Waals surface area contributed by atoms with Crippen LogP contribution in [0.3, 0.4) is 0 Å². The van der Waals surface area contributed by atoms with E-state index >= 15 is 0 Å². The number of hydrogen-bond acceptors (Lipinski definition) is 8. The maximum atomic E-state index is 13.7. The lowest BCUT2D eigenvalue weighted by Crippen LogP contribution is -2.25. The Kier molecular flexibility index (Phi) is 8.28. The highest BCUT2D eigenvalue weighted by atomic mass is 35.5. The number of benzene rings is 2. The Hall–Kier alpha value is -3.69. The van der Waals surface area contributed by atoms with Crippen molar-refractivity contribution in [3.63, 3.8) is 0 Å². The van der Waals surface area contributed by atoms with E-state index in [0.29, 0.717) is 65.1 Å². The fraction of sp³-hybridized carbons (Fsp3) is 0.345. The molecule has 5 rings (SSSR count). The number of hydrogen-bond donors (Lipinski definition) is 2. The van der Waals surface area contributed by atoms with Gasteiger partial charge in [0.05, 0.1) is 29.2 Å². The van der Waals surface area contributed by atoms with Crippen LogP contribution < -0.4 is 20.5 Å². The fourth-order valence-corrected chi connectivity index (χ4v) is 5.27. The molecule has 39 heavy (non-hydrogen) atoms. The molecule has 1 aliphatic carbocycles. The second-order valence-electron chi connectivity index (χ2n) is 9.55. The van der Waals surface area contributed by atoms with Gasteiger partial charge >= 0.3 is 0 Å². The highest BCUT2D eigenvalue weighted by Crippen LogP contribution is 2.35. The van der Waals surface area contributed by atoms with Crippen molar-refractivity contribution >= 4 is 34.5 Å². The maximum absolute atomic E-state index is 13.7. The summed E-state index contributed by atoms with van der Waals surface area (Å²) >= 11 is 6.39. The molecule has 3 N–H and O–H groups in total. The van der Waals surface area contributed by atoms with Crippen LogP contribution in [-0.2, 0) is 6.42 Å². The molecular weight excluding hydrogens is 519 g/mol. The highest BCUT2D eigenvalue weighted by Gasteiger charge is 2.26. The number of nitrogens with zero attached hydrogens (tertiary/aromatic N) is 4. The summed E-state index contributed by atoms with van der Waals surface area (Å²) in [4.78, 5) is 16.2. The molecular formula is C29H32ClFN6O2. The van der Waals surface area contributed by atoms with E-state index in [0.717, 1.165) is 30.9 Å². The molecule has 8 nitrogen and oxygen atoms in total. The molecule has 3 aromatic rings. The van der Waals surface area contributed by atoms with Crippen molar-refractivity contribution in [2.24, 2.45) is 10.7 Å². The van der Waals surface area contributed by atoms with E-state index < -0.39 is 5.82 Å². The minimum Gasteiger partial charge on any atom is -0.494 e. The van der Waals surface area contributed by atoms with Crippen LogP contribution in [0.25, 0.3) is 5.57 Å². The topological polar surface area (TPSA) is 97.9 Å².